The van der Waals surface area contributed by atoms with Gasteiger partial charge in [-0.15, -0.1) is 0 Å². The van der Waals surface area contributed by atoms with Gasteiger partial charge in [-0.25, -0.2) is 0 Å². The van der Waals surface area contributed by atoms with Gasteiger partial charge in [-0.05, 0) is 140 Å². The molecule has 0 N–H and O–H groups in total. The third-order valence-corrected chi connectivity index (χ3v) is 21.3. The van der Waals surface area contributed by atoms with Crippen LogP contribution in [0.4, 0.5) is 18.9 Å². The van der Waals surface area contributed by atoms with Crippen molar-refractivity contribution in [3.8, 4) is 17.2 Å². The number of rotatable bonds is 13. The van der Waals surface area contributed by atoms with Gasteiger partial charge in [0.05, 0.1) is 0 Å². The highest BCUT2D eigenvalue weighted by molar-refractivity contribution is 6.75. The van der Waals surface area contributed by atoms with Gasteiger partial charge >= 0.3 is 6.18 Å². The quantitative estimate of drug-likeness (QED) is 0.161. The minimum Gasteiger partial charge on any atom is -0.543 e. The molecule has 1 saturated heterocycles. The summed E-state index contributed by atoms with van der Waals surface area (Å²) >= 11 is 0. The normalized spacial score (nSPS) is 17.7. The highest BCUT2D eigenvalue weighted by Gasteiger charge is 2.41. The summed E-state index contributed by atoms with van der Waals surface area (Å²) in [5, 5.41) is 0.0315. The molecule has 1 fully saturated rings. The summed E-state index contributed by atoms with van der Waals surface area (Å²) in [4.78, 5) is 3.97. The molecule has 0 bridgehead atoms. The van der Waals surface area contributed by atoms with Crippen molar-refractivity contribution in [1.29, 1.82) is 0 Å². The van der Waals surface area contributed by atoms with E-state index in [9.17, 15) is 13.2 Å². The van der Waals surface area contributed by atoms with Gasteiger partial charge in [0.25, 0.3) is 0 Å². The number of hydrogen-bond acceptors (Lipinski definition) is 5. The van der Waals surface area contributed by atoms with Gasteiger partial charge in [0.1, 0.15) is 30.4 Å². The van der Waals surface area contributed by atoms with E-state index in [1.54, 1.807) is 0 Å². The van der Waals surface area contributed by atoms with Gasteiger partial charge in [0.15, 0.2) is 0 Å². The van der Waals surface area contributed by atoms with Crippen LogP contribution in [0.3, 0.4) is 0 Å². The van der Waals surface area contributed by atoms with Crippen LogP contribution in [0.5, 0.6) is 17.2 Å². The summed E-state index contributed by atoms with van der Waals surface area (Å²) < 4.78 is 63.0. The van der Waals surface area contributed by atoms with Crippen molar-refractivity contribution < 1.29 is 26.8 Å². The Hall–Kier alpha value is -2.96. The molecule has 1 unspecified atom stereocenters. The fourth-order valence-corrected chi connectivity index (χ4v) is 9.21. The van der Waals surface area contributed by atoms with Crippen LogP contribution in [0.2, 0.25) is 36.3 Å². The number of nitrogens with zero attached hydrogens (tertiary/aromatic N) is 2. The van der Waals surface area contributed by atoms with Gasteiger partial charge in [0, 0.05) is 24.8 Å². The van der Waals surface area contributed by atoms with Crippen LogP contribution >= 0.6 is 0 Å². The summed E-state index contributed by atoms with van der Waals surface area (Å²) in [6, 6.07) is 19.9. The Morgan fingerprint density at radius 3 is 1.85 bits per heavy atom. The van der Waals surface area contributed by atoms with E-state index in [0.29, 0.717) is 18.0 Å². The Morgan fingerprint density at radius 2 is 1.27 bits per heavy atom. The minimum absolute atomic E-state index is 0.0609. The van der Waals surface area contributed by atoms with Crippen LogP contribution in [-0.2, 0) is 19.4 Å². The largest absolute Gasteiger partial charge is 0.543 e. The predicted octanol–water partition coefficient (Wildman–Crippen LogP) is 12.6. The summed E-state index contributed by atoms with van der Waals surface area (Å²) in [6.45, 7) is 24.9. The summed E-state index contributed by atoms with van der Waals surface area (Å²) in [5.74, 6) is 2.36. The molecule has 0 saturated carbocycles. The maximum atomic E-state index is 14.5. The van der Waals surface area contributed by atoms with E-state index in [0.717, 1.165) is 61.5 Å². The zero-order chi connectivity index (χ0) is 40.2. The van der Waals surface area contributed by atoms with Crippen molar-refractivity contribution in [2.45, 2.75) is 141 Å². The molecule has 0 aromatic heterocycles. The molecule has 3 aromatic carbocycles. The second kappa shape index (κ2) is 17.3. The number of likely N-dealkylation sites (tertiary alicyclic amines) is 1. The molecular formula is C45H67F3N2O3Si2. The van der Waals surface area contributed by atoms with Crippen LogP contribution in [0, 0.1) is 0 Å². The van der Waals surface area contributed by atoms with Crippen LogP contribution < -0.4 is 18.5 Å². The molecule has 2 aliphatic rings. The SMILES string of the molecule is CC(C)(C)[Si](C)(C)Oc1ccc2c(c1)CCC(c1ccc(O[Si](C)(C)C(C)(C)C)cc1N(Cc1ccc(OCCN3CCCCCC3)cc1)CC(F)(F)F)C2. The van der Waals surface area contributed by atoms with E-state index < -0.39 is 29.4 Å². The van der Waals surface area contributed by atoms with Crippen LogP contribution in [0.15, 0.2) is 60.7 Å². The lowest BCUT2D eigenvalue weighted by Crippen LogP contribution is -2.44. The lowest BCUT2D eigenvalue weighted by molar-refractivity contribution is -0.120. The highest BCUT2D eigenvalue weighted by atomic mass is 28.4. The van der Waals surface area contributed by atoms with Crippen LogP contribution in [-0.4, -0.2) is 60.5 Å². The smallest absolute Gasteiger partial charge is 0.405 e. The third-order valence-electron chi connectivity index (χ3n) is 12.6. The monoisotopic (exact) mass is 796 g/mol. The van der Waals surface area contributed by atoms with Crippen LogP contribution in [0.1, 0.15) is 102 Å². The molecule has 1 heterocycles. The van der Waals surface area contributed by atoms with E-state index in [1.807, 2.05) is 42.5 Å². The van der Waals surface area contributed by atoms with Crippen LogP contribution in [0.25, 0.3) is 0 Å². The lowest BCUT2D eigenvalue weighted by atomic mass is 9.79. The standard InChI is InChI=1S/C45H67F3N2O3Si2/c1-43(2,3)54(7,8)52-39-22-19-35-29-37(18-17-36(35)30-39)41-24-23-40(53-55(9,10)44(4,5)6)31-42(41)50(33-45(46,47)48)32-34-15-20-38(21-16-34)51-28-27-49-25-13-11-12-14-26-49/h15-16,19-24,30-31,37H,11-14,17-18,25-29,32-33H2,1-10H3. The number of aryl methyl sites for hydroxylation is 1. The Balaban J connectivity index is 1.42. The summed E-state index contributed by atoms with van der Waals surface area (Å²) in [5.41, 5.74) is 4.84. The Morgan fingerprint density at radius 1 is 0.709 bits per heavy atom. The van der Waals surface area contributed by atoms with Crippen molar-refractivity contribution in [3.05, 3.63) is 82.9 Å². The van der Waals surface area contributed by atoms with E-state index in [-0.39, 0.29) is 22.5 Å². The van der Waals surface area contributed by atoms with Gasteiger partial charge < -0.3 is 18.5 Å². The van der Waals surface area contributed by atoms with E-state index in [2.05, 4.69) is 90.8 Å². The Labute approximate surface area is 332 Å². The molecule has 0 amide bonds. The number of hydrogen-bond donors (Lipinski definition) is 0. The van der Waals surface area contributed by atoms with E-state index >= 15 is 0 Å². The molecule has 3 aromatic rings. The zero-order valence-corrected chi connectivity index (χ0v) is 37.3. The Bertz CT molecular complexity index is 1710. The van der Waals surface area contributed by atoms with Crippen molar-refractivity contribution in [2.75, 3.05) is 37.7 Å². The minimum atomic E-state index is -4.40. The average Bonchev–Trinajstić information content (AvgIpc) is 3.35. The summed E-state index contributed by atoms with van der Waals surface area (Å²) in [7, 11) is -4.26. The maximum absolute atomic E-state index is 14.5. The molecule has 5 rings (SSSR count). The number of alkyl halides is 3. The fourth-order valence-electron chi connectivity index (χ4n) is 7.17. The average molecular weight is 797 g/mol. The molecule has 10 heteroatoms. The molecule has 0 spiro atoms. The van der Waals surface area contributed by atoms with E-state index in [1.165, 1.54) is 41.7 Å². The first-order chi connectivity index (χ1) is 25.6. The van der Waals surface area contributed by atoms with E-state index in [4.69, 9.17) is 13.6 Å². The first-order valence-electron chi connectivity index (χ1n) is 20.5. The molecule has 5 nitrogen and oxygen atoms in total. The first-order valence-corrected chi connectivity index (χ1v) is 26.3. The molecular weight excluding hydrogens is 730 g/mol. The van der Waals surface area contributed by atoms with Gasteiger partial charge in [0.2, 0.25) is 16.6 Å². The molecule has 1 aliphatic heterocycles. The first kappa shape index (κ1) is 43.2. The third kappa shape index (κ3) is 11.8. The van der Waals surface area contributed by atoms with Crippen molar-refractivity contribution in [2.24, 2.45) is 0 Å². The molecule has 55 heavy (non-hydrogen) atoms. The zero-order valence-electron chi connectivity index (χ0n) is 35.3. The number of anilines is 1. The summed E-state index contributed by atoms with van der Waals surface area (Å²) in [6.07, 6.45) is 3.10. The number of halogens is 3. The van der Waals surface area contributed by atoms with Crippen molar-refractivity contribution >= 4 is 22.3 Å². The number of fused-ring (bicyclic) bond motifs is 1. The second-order valence-corrected chi connectivity index (χ2v) is 28.5. The molecule has 304 valence electrons. The molecule has 0 radical (unpaired) electrons. The lowest BCUT2D eigenvalue weighted by Gasteiger charge is -2.38. The van der Waals surface area contributed by atoms with Gasteiger partial charge in [-0.3, -0.25) is 4.90 Å². The van der Waals surface area contributed by atoms with Gasteiger partial charge in [-0.2, -0.15) is 13.2 Å². The topological polar surface area (TPSA) is 34.2 Å². The Kier molecular flexibility index (Phi) is 13.6. The second-order valence-electron chi connectivity index (χ2n) is 19.0. The highest BCUT2D eigenvalue weighted by Crippen LogP contribution is 2.44. The van der Waals surface area contributed by atoms with Crippen molar-refractivity contribution in [1.82, 2.24) is 4.90 Å². The maximum Gasteiger partial charge on any atom is 0.405 e. The van der Waals surface area contributed by atoms with Crippen molar-refractivity contribution in [3.63, 3.8) is 0 Å². The predicted molar refractivity (Wildman–Crippen MR) is 227 cm³/mol. The molecule has 1 aliphatic carbocycles. The number of ether oxygens (including phenoxy) is 1. The van der Waals surface area contributed by atoms with Gasteiger partial charge in [-0.1, -0.05) is 78.6 Å². The molecule has 1 atom stereocenters. The fraction of sp³-hybridized carbons (Fsp3) is 0.600. The number of benzene rings is 3.